The van der Waals surface area contributed by atoms with Gasteiger partial charge in [-0.1, -0.05) is 146 Å². The summed E-state index contributed by atoms with van der Waals surface area (Å²) in [5, 5.41) is 45.5. The second-order valence-electron chi connectivity index (χ2n) is 11.5. The average molecular weight is 729 g/mol. The Hall–Kier alpha value is -7.02. The number of carboxylic acid groups (broad SMARTS) is 2. The first-order valence-electron chi connectivity index (χ1n) is 16.8. The molecule has 0 unspecified atom stereocenters. The SMILES string of the molecule is O=C([O-])c1cccc([N+](=O)[O-])c1.O=C([O-])c1cccc([N+](=O)[O-])c1.c1ccc(C[NH2+]Cc2ccccc2)cc1.c1ccc(C[NH2+]Cc2ccccc2)cc1. The molecule has 6 aromatic rings. The first kappa shape index (κ1) is 41.4. The molecule has 0 aliphatic heterocycles. The molecule has 0 radical (unpaired) electrons. The number of rotatable bonds is 12. The number of carbonyl (C=O) groups excluding carboxylic acids is 2. The fourth-order valence-electron chi connectivity index (χ4n) is 4.76. The van der Waals surface area contributed by atoms with E-state index >= 15 is 0 Å². The zero-order valence-electron chi connectivity index (χ0n) is 29.3. The summed E-state index contributed by atoms with van der Waals surface area (Å²) in [6.45, 7) is 4.21. The van der Waals surface area contributed by atoms with Crippen LogP contribution >= 0.6 is 0 Å². The summed E-state index contributed by atoms with van der Waals surface area (Å²) < 4.78 is 0. The van der Waals surface area contributed by atoms with Crippen molar-refractivity contribution < 1.29 is 40.3 Å². The van der Waals surface area contributed by atoms with Crippen LogP contribution in [-0.4, -0.2) is 21.8 Å². The van der Waals surface area contributed by atoms with Crippen LogP contribution in [0.2, 0.25) is 0 Å². The highest BCUT2D eigenvalue weighted by molar-refractivity contribution is 5.87. The molecule has 4 N–H and O–H groups in total. The van der Waals surface area contributed by atoms with Crippen molar-refractivity contribution in [1.82, 2.24) is 0 Å². The Morgan fingerprint density at radius 3 is 0.889 bits per heavy atom. The van der Waals surface area contributed by atoms with E-state index in [1.165, 1.54) is 58.7 Å². The van der Waals surface area contributed by atoms with Crippen molar-refractivity contribution in [1.29, 1.82) is 0 Å². The van der Waals surface area contributed by atoms with Crippen molar-refractivity contribution in [3.63, 3.8) is 0 Å². The largest absolute Gasteiger partial charge is 0.545 e. The van der Waals surface area contributed by atoms with Crippen LogP contribution in [-0.2, 0) is 26.2 Å². The number of nitrogens with zero attached hydrogens (tertiary/aromatic N) is 2. The van der Waals surface area contributed by atoms with Gasteiger partial charge in [-0.3, -0.25) is 20.2 Å². The summed E-state index contributed by atoms with van der Waals surface area (Å²) in [7, 11) is 0. The quantitative estimate of drug-likeness (QED) is 0.140. The van der Waals surface area contributed by atoms with Crippen molar-refractivity contribution in [2.75, 3.05) is 0 Å². The Morgan fingerprint density at radius 1 is 0.407 bits per heavy atom. The summed E-state index contributed by atoms with van der Waals surface area (Å²) in [4.78, 5) is 39.5. The van der Waals surface area contributed by atoms with Gasteiger partial charge in [0.05, 0.1) is 21.8 Å². The van der Waals surface area contributed by atoms with Crippen LogP contribution in [0.25, 0.3) is 0 Å². The van der Waals surface area contributed by atoms with Crippen LogP contribution in [0.1, 0.15) is 43.0 Å². The van der Waals surface area contributed by atoms with Gasteiger partial charge in [0.15, 0.2) is 0 Å². The standard InChI is InChI=1S/2C14H15N.2C7H5NO4/c2*1-3-7-13(8-4-1)11-15-12-14-9-5-2-6-10-14;2*9-7(10)5-2-1-3-6(4-5)8(11)12/h2*1-10,15H,11-12H2;2*1-4H,(H,9,10). The smallest absolute Gasteiger partial charge is 0.270 e. The van der Waals surface area contributed by atoms with Gasteiger partial charge >= 0.3 is 0 Å². The van der Waals surface area contributed by atoms with Crippen molar-refractivity contribution in [3.05, 3.63) is 223 Å². The summed E-state index contributed by atoms with van der Waals surface area (Å²) in [6, 6.07) is 51.7. The first-order valence-corrected chi connectivity index (χ1v) is 16.8. The number of carbonyl (C=O) groups is 2. The number of hydrogen-bond donors (Lipinski definition) is 2. The van der Waals surface area contributed by atoms with Crippen LogP contribution in [0, 0.1) is 20.2 Å². The third-order valence-electron chi connectivity index (χ3n) is 7.48. The van der Waals surface area contributed by atoms with Gasteiger partial charge < -0.3 is 30.4 Å². The summed E-state index contributed by atoms with van der Waals surface area (Å²) in [6.07, 6.45) is 0. The highest BCUT2D eigenvalue weighted by atomic mass is 16.6. The molecule has 0 aliphatic carbocycles. The molecule has 6 aromatic carbocycles. The predicted molar refractivity (Wildman–Crippen MR) is 199 cm³/mol. The molecule has 0 aliphatic rings. The van der Waals surface area contributed by atoms with Gasteiger partial charge in [-0.15, -0.1) is 0 Å². The van der Waals surface area contributed by atoms with Gasteiger partial charge in [0.2, 0.25) is 0 Å². The second kappa shape index (κ2) is 23.5. The molecule has 0 spiro atoms. The molecular weight excluding hydrogens is 688 g/mol. The van der Waals surface area contributed by atoms with Gasteiger partial charge in [0.25, 0.3) is 11.4 Å². The lowest BCUT2D eigenvalue weighted by Gasteiger charge is -2.01. The molecule has 0 fully saturated rings. The van der Waals surface area contributed by atoms with Gasteiger partial charge in [-0.05, 0) is 0 Å². The van der Waals surface area contributed by atoms with Gasteiger partial charge in [-0.25, -0.2) is 0 Å². The molecule has 0 heterocycles. The lowest BCUT2D eigenvalue weighted by atomic mass is 10.2. The Balaban J connectivity index is 0.000000195. The zero-order valence-corrected chi connectivity index (χ0v) is 29.3. The average Bonchev–Trinajstić information content (AvgIpc) is 3.20. The van der Waals surface area contributed by atoms with Crippen molar-refractivity contribution in [2.45, 2.75) is 26.2 Å². The van der Waals surface area contributed by atoms with E-state index in [4.69, 9.17) is 0 Å². The molecule has 0 bridgehead atoms. The highest BCUT2D eigenvalue weighted by Crippen LogP contribution is 2.13. The summed E-state index contributed by atoms with van der Waals surface area (Å²) in [5.74, 6) is -2.84. The number of quaternary nitrogens is 2. The third kappa shape index (κ3) is 16.3. The molecule has 0 saturated heterocycles. The minimum atomic E-state index is -1.42. The molecule has 54 heavy (non-hydrogen) atoms. The minimum absolute atomic E-state index is 0.191. The van der Waals surface area contributed by atoms with E-state index in [1.807, 2.05) is 0 Å². The fraction of sp³-hybridized carbons (Fsp3) is 0.0952. The van der Waals surface area contributed by atoms with Crippen LogP contribution in [0.3, 0.4) is 0 Å². The van der Waals surface area contributed by atoms with E-state index in [1.54, 1.807) is 0 Å². The second-order valence-corrected chi connectivity index (χ2v) is 11.5. The summed E-state index contributed by atoms with van der Waals surface area (Å²) >= 11 is 0. The topological polar surface area (TPSA) is 200 Å². The lowest BCUT2D eigenvalue weighted by Crippen LogP contribution is -2.80. The van der Waals surface area contributed by atoms with Gasteiger partial charge in [0, 0.05) is 57.6 Å². The molecule has 12 nitrogen and oxygen atoms in total. The zero-order chi connectivity index (χ0) is 39.0. The molecule has 0 amide bonds. The molecule has 0 aromatic heterocycles. The van der Waals surface area contributed by atoms with Crippen LogP contribution in [0.4, 0.5) is 11.4 Å². The van der Waals surface area contributed by atoms with E-state index < -0.39 is 21.8 Å². The maximum Gasteiger partial charge on any atom is 0.270 e. The number of non-ortho nitro benzene ring substituents is 2. The normalized spacial score (nSPS) is 9.78. The van der Waals surface area contributed by atoms with Gasteiger partial charge in [-0.2, -0.15) is 0 Å². The molecule has 6 rings (SSSR count). The van der Waals surface area contributed by atoms with E-state index in [9.17, 15) is 40.0 Å². The number of nitrogens with two attached hydrogens (primary N) is 2. The van der Waals surface area contributed by atoms with Crippen LogP contribution in [0.5, 0.6) is 0 Å². The monoisotopic (exact) mass is 728 g/mol. The Bertz CT molecular complexity index is 1750. The Kier molecular flexibility index (Phi) is 18.0. The van der Waals surface area contributed by atoms with E-state index in [0.717, 1.165) is 38.3 Å². The fourth-order valence-corrected chi connectivity index (χ4v) is 4.76. The highest BCUT2D eigenvalue weighted by Gasteiger charge is 2.06. The van der Waals surface area contributed by atoms with Crippen LogP contribution in [0.15, 0.2) is 170 Å². The number of hydrogen-bond acceptors (Lipinski definition) is 8. The molecule has 0 atom stereocenters. The lowest BCUT2D eigenvalue weighted by molar-refractivity contribution is -0.686. The van der Waals surface area contributed by atoms with Crippen LogP contribution < -0.4 is 20.8 Å². The van der Waals surface area contributed by atoms with E-state index in [-0.39, 0.29) is 22.5 Å². The first-order chi connectivity index (χ1) is 26.1. The van der Waals surface area contributed by atoms with E-state index in [0.29, 0.717) is 0 Å². The minimum Gasteiger partial charge on any atom is -0.545 e. The van der Waals surface area contributed by atoms with Crippen molar-refractivity contribution >= 4 is 23.3 Å². The summed E-state index contributed by atoms with van der Waals surface area (Å²) in [5.41, 5.74) is 4.64. The number of nitro benzene ring substituents is 2. The Labute approximate surface area is 312 Å². The molecular formula is C42H40N4O8. The van der Waals surface area contributed by atoms with Crippen molar-refractivity contribution in [3.8, 4) is 0 Å². The molecule has 276 valence electrons. The predicted octanol–water partition coefficient (Wildman–Crippen LogP) is 3.82. The number of benzene rings is 6. The van der Waals surface area contributed by atoms with Crippen molar-refractivity contribution in [2.24, 2.45) is 0 Å². The van der Waals surface area contributed by atoms with E-state index in [2.05, 4.69) is 132 Å². The van der Waals surface area contributed by atoms with Gasteiger partial charge in [0.1, 0.15) is 26.2 Å². The Morgan fingerprint density at radius 2 is 0.667 bits per heavy atom. The maximum atomic E-state index is 10.2. The number of carboxylic acids is 2. The molecule has 0 saturated carbocycles. The third-order valence-corrected chi connectivity index (χ3v) is 7.48. The number of nitro groups is 2. The molecule has 12 heteroatoms. The maximum absolute atomic E-state index is 10.2. The number of aromatic carboxylic acids is 2.